The maximum atomic E-state index is 12.2. The Hall–Kier alpha value is -2.49. The maximum absolute atomic E-state index is 12.2. The van der Waals surface area contributed by atoms with Gasteiger partial charge < -0.3 is 15.0 Å². The first kappa shape index (κ1) is 18.3. The molecule has 0 atom stereocenters. The van der Waals surface area contributed by atoms with Gasteiger partial charge in [-0.2, -0.15) is 0 Å². The summed E-state index contributed by atoms with van der Waals surface area (Å²) in [6.07, 6.45) is 2.88. The minimum Gasteiger partial charge on any atom is -0.395 e. The number of rotatable bonds is 6. The number of carbonyl (C=O) groups excluding carboxylic acids is 1. The second kappa shape index (κ2) is 7.40. The molecule has 1 amide bonds. The number of aliphatic hydroxyl groups excluding tert-OH is 1. The number of carbonyl (C=O) groups is 1. The molecule has 0 radical (unpaired) electrons. The number of aliphatic hydroxyl groups is 1. The van der Waals surface area contributed by atoms with E-state index in [0.29, 0.717) is 21.9 Å². The third-order valence-corrected chi connectivity index (χ3v) is 5.54. The van der Waals surface area contributed by atoms with E-state index in [1.54, 1.807) is 22.8 Å². The molecule has 3 rings (SSSR count). The number of hydrogen-bond acceptors (Lipinski definition) is 6. The first-order valence-corrected chi connectivity index (χ1v) is 9.62. The third-order valence-electron chi connectivity index (χ3n) is 3.62. The van der Waals surface area contributed by atoms with Crippen LogP contribution >= 0.6 is 11.6 Å². The van der Waals surface area contributed by atoms with Crippen molar-refractivity contribution in [2.75, 3.05) is 17.7 Å². The van der Waals surface area contributed by atoms with E-state index >= 15 is 0 Å². The van der Waals surface area contributed by atoms with Crippen LogP contribution in [0.4, 0.5) is 5.82 Å². The summed E-state index contributed by atoms with van der Waals surface area (Å²) in [6.45, 7) is -0.527. The molecule has 2 N–H and O–H groups in total. The van der Waals surface area contributed by atoms with Gasteiger partial charge in [-0.15, -0.1) is 0 Å². The Labute approximate surface area is 154 Å². The van der Waals surface area contributed by atoms with Gasteiger partial charge in [0.1, 0.15) is 12.4 Å². The van der Waals surface area contributed by atoms with Crippen molar-refractivity contribution in [3.8, 4) is 0 Å². The molecule has 0 aliphatic rings. The number of nitrogens with zero attached hydrogens (tertiary/aromatic N) is 3. The summed E-state index contributed by atoms with van der Waals surface area (Å²) in [6, 6.07) is 7.62. The zero-order valence-electron chi connectivity index (χ0n) is 13.5. The highest BCUT2D eigenvalue weighted by atomic mass is 35.5. The fourth-order valence-electron chi connectivity index (χ4n) is 2.38. The molecule has 26 heavy (non-hydrogen) atoms. The van der Waals surface area contributed by atoms with Gasteiger partial charge >= 0.3 is 0 Å². The monoisotopic (exact) mass is 394 g/mol. The van der Waals surface area contributed by atoms with E-state index in [4.69, 9.17) is 16.7 Å². The van der Waals surface area contributed by atoms with Gasteiger partial charge in [-0.1, -0.05) is 11.6 Å². The summed E-state index contributed by atoms with van der Waals surface area (Å²) in [4.78, 5) is 20.4. The standard InChI is InChI=1S/C16H15ClN4O4S/c17-11-1-4-15(18-8-11)20-16(23)9-21-10-19-13-3-2-12(7-14(13)21)26(24,25)6-5-22/h1-4,7-8,10,22H,5-6,9H2,(H,18,20,23). The molecule has 0 spiro atoms. The zero-order valence-corrected chi connectivity index (χ0v) is 15.0. The number of hydrogen-bond donors (Lipinski definition) is 2. The number of halogens is 1. The first-order valence-electron chi connectivity index (χ1n) is 7.59. The van der Waals surface area contributed by atoms with Crippen molar-refractivity contribution in [2.45, 2.75) is 11.4 Å². The number of benzene rings is 1. The smallest absolute Gasteiger partial charge is 0.245 e. The van der Waals surface area contributed by atoms with E-state index in [1.165, 1.54) is 24.7 Å². The lowest BCUT2D eigenvalue weighted by Gasteiger charge is -2.07. The highest BCUT2D eigenvalue weighted by molar-refractivity contribution is 7.91. The van der Waals surface area contributed by atoms with Gasteiger partial charge in [0, 0.05) is 6.20 Å². The molecule has 1 aromatic carbocycles. The van der Waals surface area contributed by atoms with Gasteiger partial charge in [-0.25, -0.2) is 18.4 Å². The molecule has 0 unspecified atom stereocenters. The van der Waals surface area contributed by atoms with Gasteiger partial charge in [-0.3, -0.25) is 4.79 Å². The molecule has 8 nitrogen and oxygen atoms in total. The lowest BCUT2D eigenvalue weighted by Crippen LogP contribution is -2.19. The van der Waals surface area contributed by atoms with Crippen LogP contribution in [0.5, 0.6) is 0 Å². The van der Waals surface area contributed by atoms with E-state index in [2.05, 4.69) is 15.3 Å². The van der Waals surface area contributed by atoms with Crippen LogP contribution in [0.1, 0.15) is 0 Å². The van der Waals surface area contributed by atoms with Crippen molar-refractivity contribution in [3.63, 3.8) is 0 Å². The van der Waals surface area contributed by atoms with E-state index < -0.39 is 16.4 Å². The fourth-order valence-corrected chi connectivity index (χ4v) is 3.54. The van der Waals surface area contributed by atoms with Gasteiger partial charge in [0.2, 0.25) is 5.91 Å². The lowest BCUT2D eigenvalue weighted by atomic mass is 10.3. The molecule has 3 aromatic rings. The largest absolute Gasteiger partial charge is 0.395 e. The highest BCUT2D eigenvalue weighted by Gasteiger charge is 2.16. The molecule has 0 aliphatic carbocycles. The number of sulfone groups is 1. The van der Waals surface area contributed by atoms with E-state index in [0.717, 1.165) is 0 Å². The van der Waals surface area contributed by atoms with Crippen LogP contribution in [-0.4, -0.2) is 46.3 Å². The normalized spacial score (nSPS) is 11.6. The molecule has 2 heterocycles. The van der Waals surface area contributed by atoms with Gasteiger partial charge in [-0.05, 0) is 30.3 Å². The second-order valence-electron chi connectivity index (χ2n) is 5.48. The number of aromatic nitrogens is 3. The van der Waals surface area contributed by atoms with Crippen LogP contribution in [0.2, 0.25) is 5.02 Å². The molecular weight excluding hydrogens is 380 g/mol. The average Bonchev–Trinajstić information content (AvgIpc) is 2.99. The molecular formula is C16H15ClN4O4S. The van der Waals surface area contributed by atoms with Gasteiger partial charge in [0.25, 0.3) is 0 Å². The summed E-state index contributed by atoms with van der Waals surface area (Å²) in [5.41, 5.74) is 1.06. The minimum absolute atomic E-state index is 0.0652. The van der Waals surface area contributed by atoms with Crippen LogP contribution in [-0.2, 0) is 21.2 Å². The summed E-state index contributed by atoms with van der Waals surface area (Å²) < 4.78 is 25.8. The molecule has 0 bridgehead atoms. The molecule has 10 heteroatoms. The van der Waals surface area contributed by atoms with Crippen molar-refractivity contribution in [3.05, 3.63) is 47.9 Å². The number of amides is 1. The van der Waals surface area contributed by atoms with Crippen molar-refractivity contribution in [1.82, 2.24) is 14.5 Å². The minimum atomic E-state index is -3.59. The summed E-state index contributed by atoms with van der Waals surface area (Å²) in [7, 11) is -3.59. The third kappa shape index (κ3) is 4.01. The predicted octanol–water partition coefficient (Wildman–Crippen LogP) is 1.49. The highest BCUT2D eigenvalue weighted by Crippen LogP contribution is 2.19. The maximum Gasteiger partial charge on any atom is 0.245 e. The number of pyridine rings is 1. The topological polar surface area (TPSA) is 114 Å². The number of imidazole rings is 1. The molecule has 136 valence electrons. The Morgan fingerprint density at radius 2 is 2.04 bits per heavy atom. The Kier molecular flexibility index (Phi) is 5.21. The van der Waals surface area contributed by atoms with Crippen molar-refractivity contribution < 1.29 is 18.3 Å². The molecule has 2 aromatic heterocycles. The molecule has 0 fully saturated rings. The molecule has 0 saturated carbocycles. The first-order chi connectivity index (χ1) is 12.4. The molecule has 0 aliphatic heterocycles. The lowest BCUT2D eigenvalue weighted by molar-refractivity contribution is -0.116. The quantitative estimate of drug-likeness (QED) is 0.654. The van der Waals surface area contributed by atoms with Crippen LogP contribution in [0.3, 0.4) is 0 Å². The average molecular weight is 395 g/mol. The van der Waals surface area contributed by atoms with E-state index in [1.807, 2.05) is 0 Å². The van der Waals surface area contributed by atoms with Crippen LogP contribution in [0.25, 0.3) is 11.0 Å². The van der Waals surface area contributed by atoms with E-state index in [9.17, 15) is 13.2 Å². The van der Waals surface area contributed by atoms with Crippen molar-refractivity contribution in [1.29, 1.82) is 0 Å². The van der Waals surface area contributed by atoms with Crippen LogP contribution in [0, 0.1) is 0 Å². The summed E-state index contributed by atoms with van der Waals surface area (Å²) in [5.74, 6) is -0.354. The number of anilines is 1. The molecule has 0 saturated heterocycles. The number of nitrogens with one attached hydrogen (secondary N) is 1. The summed E-state index contributed by atoms with van der Waals surface area (Å²) in [5, 5.41) is 12.0. The fraction of sp³-hybridized carbons (Fsp3) is 0.188. The SMILES string of the molecule is O=C(Cn1cnc2ccc(S(=O)(=O)CCO)cc21)Nc1ccc(Cl)cn1. The van der Waals surface area contributed by atoms with Gasteiger partial charge in [0.15, 0.2) is 9.84 Å². The Balaban J connectivity index is 1.83. The van der Waals surface area contributed by atoms with Crippen molar-refractivity contribution >= 4 is 44.2 Å². The number of fused-ring (bicyclic) bond motifs is 1. The Morgan fingerprint density at radius 1 is 1.23 bits per heavy atom. The Morgan fingerprint density at radius 3 is 2.73 bits per heavy atom. The van der Waals surface area contributed by atoms with Crippen LogP contribution in [0.15, 0.2) is 47.8 Å². The van der Waals surface area contributed by atoms with Crippen molar-refractivity contribution in [2.24, 2.45) is 0 Å². The van der Waals surface area contributed by atoms with E-state index in [-0.39, 0.29) is 23.1 Å². The van der Waals surface area contributed by atoms with Gasteiger partial charge in [0.05, 0.1) is 39.6 Å². The summed E-state index contributed by atoms with van der Waals surface area (Å²) >= 11 is 5.75. The second-order valence-corrected chi connectivity index (χ2v) is 8.02. The Bertz CT molecular complexity index is 1050. The van der Waals surface area contributed by atoms with Crippen LogP contribution < -0.4 is 5.32 Å². The predicted molar refractivity (Wildman–Crippen MR) is 96.7 cm³/mol. The zero-order chi connectivity index (χ0) is 18.7.